The van der Waals surface area contributed by atoms with E-state index in [0.29, 0.717) is 61.2 Å². The fourth-order valence-electron chi connectivity index (χ4n) is 7.92. The van der Waals surface area contributed by atoms with Crippen LogP contribution in [0.2, 0.25) is 0 Å². The first-order valence-corrected chi connectivity index (χ1v) is 21.0. The molecule has 2 aliphatic carbocycles. The predicted octanol–water partition coefficient (Wildman–Crippen LogP) is 4.96. The molecule has 0 bridgehead atoms. The van der Waals surface area contributed by atoms with Gasteiger partial charge in [0.2, 0.25) is 29.6 Å². The highest BCUT2D eigenvalue weighted by Gasteiger charge is 2.41. The molecule has 3 unspecified atom stereocenters. The van der Waals surface area contributed by atoms with Crippen molar-refractivity contribution in [2.24, 2.45) is 17.8 Å². The lowest BCUT2D eigenvalue weighted by Crippen LogP contribution is -2.40. The smallest absolute Gasteiger partial charge is 0.296 e. The third-order valence-electron chi connectivity index (χ3n) is 11.1. The highest BCUT2D eigenvalue weighted by atomic mass is 32.2. The van der Waals surface area contributed by atoms with Gasteiger partial charge in [-0.3, -0.25) is 39.5 Å². The Morgan fingerprint density at radius 3 is 2.53 bits per heavy atom. The van der Waals surface area contributed by atoms with E-state index in [4.69, 9.17) is 5.73 Å². The molecule has 3 heterocycles. The number of nitrogen functional groups attached to an aromatic ring is 1. The van der Waals surface area contributed by atoms with E-state index in [1.54, 1.807) is 4.57 Å². The number of imidazole rings is 1. The number of hydrazine groups is 1. The number of rotatable bonds is 15. The van der Waals surface area contributed by atoms with Crippen molar-refractivity contribution in [3.8, 4) is 6.01 Å². The minimum absolute atomic E-state index is 0.0585. The number of likely N-dealkylation sites (tertiary alicyclic amines) is 1. The zero-order chi connectivity index (χ0) is 38.9. The largest absolute Gasteiger partial charge is 0.480 e. The lowest BCUT2D eigenvalue weighted by molar-refractivity contribution is -0.139. The van der Waals surface area contributed by atoms with Crippen molar-refractivity contribution < 1.29 is 24.3 Å². The van der Waals surface area contributed by atoms with E-state index in [0.717, 1.165) is 50.5 Å². The van der Waals surface area contributed by atoms with Crippen LogP contribution in [0.25, 0.3) is 11.2 Å². The Morgan fingerprint density at radius 1 is 1.00 bits per heavy atom. The van der Waals surface area contributed by atoms with Gasteiger partial charge in [-0.25, -0.2) is 0 Å². The second kappa shape index (κ2) is 18.8. The van der Waals surface area contributed by atoms with Crippen LogP contribution in [-0.2, 0) is 25.7 Å². The number of imide groups is 1. The van der Waals surface area contributed by atoms with Crippen molar-refractivity contribution in [3.05, 3.63) is 29.8 Å². The molecule has 3 atom stereocenters. The molecule has 1 saturated heterocycles. The third kappa shape index (κ3) is 10.6. The number of aromatic nitrogens is 4. The molecule has 1 aromatic carbocycles. The van der Waals surface area contributed by atoms with Crippen molar-refractivity contribution in [2.75, 3.05) is 35.3 Å². The Bertz CT molecular complexity index is 1810. The molecule has 3 aromatic rings. The summed E-state index contributed by atoms with van der Waals surface area (Å²) in [6.45, 7) is 5.71. The van der Waals surface area contributed by atoms with E-state index in [-0.39, 0.29) is 65.5 Å². The number of unbranched alkanes of at least 4 members (excludes halogenated alkanes) is 1. The van der Waals surface area contributed by atoms with Crippen LogP contribution in [0.3, 0.4) is 0 Å². The highest BCUT2D eigenvalue weighted by molar-refractivity contribution is 8.01. The average molecular weight is 777 g/mol. The number of nitrogens with two attached hydrogens (primary N) is 1. The minimum atomic E-state index is -0.519. The molecule has 3 fully saturated rings. The molecule has 55 heavy (non-hydrogen) atoms. The Kier molecular flexibility index (Phi) is 13.7. The van der Waals surface area contributed by atoms with Gasteiger partial charge in [0.25, 0.3) is 6.01 Å². The van der Waals surface area contributed by atoms with E-state index in [9.17, 15) is 24.3 Å². The van der Waals surface area contributed by atoms with Crippen LogP contribution in [0.5, 0.6) is 6.01 Å². The number of carbonyl (C=O) groups is 4. The lowest BCUT2D eigenvalue weighted by Gasteiger charge is -2.30. The molecule has 15 nitrogen and oxygen atoms in total. The average Bonchev–Trinajstić information content (AvgIpc) is 3.62. The van der Waals surface area contributed by atoms with E-state index < -0.39 is 5.25 Å². The summed E-state index contributed by atoms with van der Waals surface area (Å²) < 4.78 is 1.58. The molecular weight excluding hydrogens is 721 g/mol. The van der Waals surface area contributed by atoms with E-state index in [1.165, 1.54) is 35.9 Å². The van der Waals surface area contributed by atoms with Crippen molar-refractivity contribution in [2.45, 2.75) is 115 Å². The Morgan fingerprint density at radius 2 is 1.76 bits per heavy atom. The van der Waals surface area contributed by atoms with Gasteiger partial charge < -0.3 is 21.5 Å². The van der Waals surface area contributed by atoms with Gasteiger partial charge in [-0.15, -0.1) is 11.8 Å². The number of thioether (sulfide) groups is 1. The van der Waals surface area contributed by atoms with Crippen LogP contribution >= 0.6 is 11.8 Å². The van der Waals surface area contributed by atoms with Gasteiger partial charge in [0.05, 0.1) is 23.2 Å². The number of hydrogen-bond donors (Lipinski definition) is 6. The van der Waals surface area contributed by atoms with Crippen molar-refractivity contribution in [3.63, 3.8) is 0 Å². The van der Waals surface area contributed by atoms with Crippen LogP contribution in [0.15, 0.2) is 24.3 Å². The highest BCUT2D eigenvalue weighted by Crippen LogP contribution is 2.33. The first-order chi connectivity index (χ1) is 26.6. The van der Waals surface area contributed by atoms with Gasteiger partial charge >= 0.3 is 0 Å². The molecule has 0 radical (unpaired) electrons. The van der Waals surface area contributed by atoms with Gasteiger partial charge in [-0.05, 0) is 74.5 Å². The van der Waals surface area contributed by atoms with E-state index in [1.807, 2.05) is 24.3 Å². The van der Waals surface area contributed by atoms with E-state index in [2.05, 4.69) is 50.3 Å². The first kappa shape index (κ1) is 40.1. The van der Waals surface area contributed by atoms with Gasteiger partial charge in [0.15, 0.2) is 17.0 Å². The zero-order valence-corrected chi connectivity index (χ0v) is 32.8. The molecule has 7 N–H and O–H groups in total. The van der Waals surface area contributed by atoms with Gasteiger partial charge in [0, 0.05) is 31.5 Å². The SMILES string of the molecule is CCCCNc1nc(N)c2nc(O)n(Cc3ccc(NNC(=O)C4CCC(CN5C(=O)CC(SCC(=O)NC6CCCCCC(C)C6)C5=O)CC4)cc3)c2n1. The van der Waals surface area contributed by atoms with Gasteiger partial charge in [0.1, 0.15) is 0 Å². The molecule has 2 aromatic heterocycles. The lowest BCUT2D eigenvalue weighted by atomic mass is 9.81. The number of nitrogens with zero attached hydrogens (tertiary/aromatic N) is 5. The Hall–Kier alpha value is -4.60. The van der Waals surface area contributed by atoms with Gasteiger partial charge in [-0.1, -0.05) is 58.1 Å². The summed E-state index contributed by atoms with van der Waals surface area (Å²) in [7, 11) is 0. The molecule has 0 spiro atoms. The fourth-order valence-corrected chi connectivity index (χ4v) is 8.89. The summed E-state index contributed by atoms with van der Waals surface area (Å²) >= 11 is 1.27. The van der Waals surface area contributed by atoms with Crippen LogP contribution in [0.4, 0.5) is 17.5 Å². The number of hydrogen-bond acceptors (Lipinski definition) is 12. The summed E-state index contributed by atoms with van der Waals surface area (Å²) in [6, 6.07) is 7.42. The van der Waals surface area contributed by atoms with Crippen LogP contribution in [-0.4, -0.2) is 83.3 Å². The first-order valence-electron chi connectivity index (χ1n) is 19.9. The number of nitrogens with one attached hydrogen (secondary N) is 4. The predicted molar refractivity (Wildman–Crippen MR) is 214 cm³/mol. The number of amides is 4. The van der Waals surface area contributed by atoms with Crippen LogP contribution < -0.4 is 27.2 Å². The number of aromatic hydroxyl groups is 1. The molecule has 2 saturated carbocycles. The zero-order valence-electron chi connectivity index (χ0n) is 32.0. The molecule has 6 rings (SSSR count). The quantitative estimate of drug-likeness (QED) is 0.0688. The van der Waals surface area contributed by atoms with Crippen molar-refractivity contribution in [1.82, 2.24) is 35.2 Å². The summed E-state index contributed by atoms with van der Waals surface area (Å²) in [5.41, 5.74) is 14.3. The van der Waals surface area contributed by atoms with Gasteiger partial charge in [-0.2, -0.15) is 15.0 Å². The molecule has 3 aliphatic rings. The molecule has 1 aliphatic heterocycles. The summed E-state index contributed by atoms with van der Waals surface area (Å²) in [6.07, 6.45) is 11.7. The third-order valence-corrected chi connectivity index (χ3v) is 12.3. The number of benzene rings is 1. The fraction of sp³-hybridized carbons (Fsp3) is 0.615. The monoisotopic (exact) mass is 776 g/mol. The molecule has 298 valence electrons. The van der Waals surface area contributed by atoms with Crippen LogP contribution in [0, 0.1) is 17.8 Å². The maximum Gasteiger partial charge on any atom is 0.296 e. The van der Waals surface area contributed by atoms with Crippen molar-refractivity contribution >= 4 is 64.0 Å². The summed E-state index contributed by atoms with van der Waals surface area (Å²) in [4.78, 5) is 66.2. The summed E-state index contributed by atoms with van der Waals surface area (Å²) in [5, 5.41) is 16.4. The topological polar surface area (TPSA) is 209 Å². The Labute approximate surface area is 326 Å². The maximum absolute atomic E-state index is 13.2. The van der Waals surface area contributed by atoms with E-state index >= 15 is 0 Å². The van der Waals surface area contributed by atoms with Crippen molar-refractivity contribution in [1.29, 1.82) is 0 Å². The molecular formula is C39H56N10O5S. The standard InChI is InChI=1S/C39H56N10O5S/c1-3-4-18-41-38-44-34(40)33-35(45-38)49(39(54)43-33)22-26-12-16-28(17-13-26)46-47-36(52)27-14-10-25(11-15-27)21-48-32(51)20-30(37(48)53)55-23-31(50)42-29-9-7-5-6-8-24(2)19-29/h12-13,16-17,24-25,27,29-30,46H,3-11,14-15,18-23H2,1-2H3,(H,42,50)(H,43,54)(H,47,52)(H3,40,41,44,45). The number of anilines is 3. The number of fused-ring (bicyclic) bond motifs is 1. The Balaban J connectivity index is 0.916. The van der Waals surface area contributed by atoms with Crippen LogP contribution in [0.1, 0.15) is 103 Å². The number of carbonyl (C=O) groups excluding carboxylic acids is 4. The molecule has 16 heteroatoms. The molecule has 4 amide bonds. The maximum atomic E-state index is 13.2. The minimum Gasteiger partial charge on any atom is -0.480 e. The second-order valence-corrected chi connectivity index (χ2v) is 16.7. The normalized spacial score (nSPS) is 23.3. The summed E-state index contributed by atoms with van der Waals surface area (Å²) in [5.74, 6) is 0.778. The second-order valence-electron chi connectivity index (χ2n) is 15.5.